The van der Waals surface area contributed by atoms with Gasteiger partial charge in [0.2, 0.25) is 0 Å². The highest BCUT2D eigenvalue weighted by Gasteiger charge is 2.33. The van der Waals surface area contributed by atoms with E-state index in [-0.39, 0.29) is 17.0 Å². The van der Waals surface area contributed by atoms with Crippen LogP contribution in [0.1, 0.15) is 41.9 Å². The molecule has 0 bridgehead atoms. The summed E-state index contributed by atoms with van der Waals surface area (Å²) in [5.41, 5.74) is 5.89. The minimum absolute atomic E-state index is 0. The zero-order chi connectivity index (χ0) is 16.4. The van der Waals surface area contributed by atoms with Gasteiger partial charge in [0, 0.05) is 31.7 Å². The molecule has 1 aliphatic carbocycles. The van der Waals surface area contributed by atoms with Crippen LogP contribution in [0.3, 0.4) is 0 Å². The SMILES string of the molecule is COc1ccc2c(c1)CCC(=[N+]1CCCC1)C2Cc1cccnc1.[Br-]. The number of pyridine rings is 1. The van der Waals surface area contributed by atoms with Crippen LogP contribution in [-0.2, 0) is 12.8 Å². The highest BCUT2D eigenvalue weighted by Crippen LogP contribution is 2.35. The fraction of sp³-hybridized carbons (Fsp3) is 0.429. The first-order chi connectivity index (χ1) is 11.8. The summed E-state index contributed by atoms with van der Waals surface area (Å²) in [6, 6.07) is 10.9. The molecule has 4 rings (SSSR count). The van der Waals surface area contributed by atoms with Gasteiger partial charge in [-0.05, 0) is 47.7 Å². The van der Waals surface area contributed by atoms with Crippen LogP contribution in [0.4, 0.5) is 0 Å². The molecule has 25 heavy (non-hydrogen) atoms. The molecule has 0 saturated carbocycles. The van der Waals surface area contributed by atoms with Gasteiger partial charge in [-0.3, -0.25) is 4.98 Å². The van der Waals surface area contributed by atoms with E-state index in [0.717, 1.165) is 18.6 Å². The standard InChI is InChI=1S/C21H25N2O.BrH/c1-24-18-7-8-19-17(14-18)6-9-21(23-11-2-3-12-23)20(19)13-16-5-4-10-22-15-16;/h4-5,7-8,10,14-15,20H,2-3,6,9,11-13H2,1H3;1H/q+1;/p-1. The van der Waals surface area contributed by atoms with E-state index in [1.807, 2.05) is 18.5 Å². The van der Waals surface area contributed by atoms with Crippen molar-refractivity contribution in [2.24, 2.45) is 0 Å². The van der Waals surface area contributed by atoms with Crippen molar-refractivity contribution in [3.8, 4) is 5.75 Å². The van der Waals surface area contributed by atoms with Gasteiger partial charge in [-0.2, -0.15) is 0 Å². The highest BCUT2D eigenvalue weighted by atomic mass is 79.9. The minimum atomic E-state index is 0. The van der Waals surface area contributed by atoms with E-state index in [1.54, 1.807) is 12.8 Å². The molecule has 0 amide bonds. The monoisotopic (exact) mass is 400 g/mol. The summed E-state index contributed by atoms with van der Waals surface area (Å²) in [4.78, 5) is 4.31. The molecule has 0 spiro atoms. The van der Waals surface area contributed by atoms with Crippen molar-refractivity contribution < 1.29 is 26.3 Å². The van der Waals surface area contributed by atoms with Crippen molar-refractivity contribution in [2.75, 3.05) is 20.2 Å². The van der Waals surface area contributed by atoms with Gasteiger partial charge in [-0.25, -0.2) is 4.58 Å². The largest absolute Gasteiger partial charge is 1.00 e. The molecule has 2 aliphatic rings. The number of hydrogen-bond donors (Lipinski definition) is 0. The Morgan fingerprint density at radius 2 is 2.00 bits per heavy atom. The Bertz CT molecular complexity index is 750. The molecule has 0 N–H and O–H groups in total. The molecular formula is C21H25BrN2O. The number of halogens is 1. The molecule has 1 aromatic carbocycles. The second-order valence-corrected chi connectivity index (χ2v) is 6.87. The number of ether oxygens (including phenoxy) is 1. The molecule has 132 valence electrons. The summed E-state index contributed by atoms with van der Waals surface area (Å²) in [6.45, 7) is 2.45. The Morgan fingerprint density at radius 3 is 2.72 bits per heavy atom. The summed E-state index contributed by atoms with van der Waals surface area (Å²) in [7, 11) is 1.75. The fourth-order valence-electron chi connectivity index (χ4n) is 4.25. The summed E-state index contributed by atoms with van der Waals surface area (Å²) in [5.74, 6) is 1.44. The van der Waals surface area contributed by atoms with Gasteiger partial charge >= 0.3 is 0 Å². The van der Waals surface area contributed by atoms with Gasteiger partial charge < -0.3 is 21.7 Å². The Labute approximate surface area is 160 Å². The van der Waals surface area contributed by atoms with Crippen LogP contribution in [0.5, 0.6) is 5.75 Å². The zero-order valence-corrected chi connectivity index (χ0v) is 16.3. The number of rotatable bonds is 3. The van der Waals surface area contributed by atoms with E-state index in [1.165, 1.54) is 49.0 Å². The molecule has 1 fully saturated rings. The summed E-state index contributed by atoms with van der Waals surface area (Å²) in [6.07, 6.45) is 9.87. The number of hydrogen-bond acceptors (Lipinski definition) is 2. The molecule has 1 saturated heterocycles. The first kappa shape index (κ1) is 18.1. The predicted octanol–water partition coefficient (Wildman–Crippen LogP) is 0.614. The number of aromatic nitrogens is 1. The average molecular weight is 401 g/mol. The van der Waals surface area contributed by atoms with Gasteiger partial charge in [0.05, 0.1) is 13.0 Å². The van der Waals surface area contributed by atoms with Crippen molar-refractivity contribution in [3.63, 3.8) is 0 Å². The van der Waals surface area contributed by atoms with Gasteiger partial charge in [0.15, 0.2) is 5.71 Å². The van der Waals surface area contributed by atoms with Crippen LogP contribution in [0.25, 0.3) is 0 Å². The van der Waals surface area contributed by atoms with Crippen LogP contribution >= 0.6 is 0 Å². The molecule has 1 atom stereocenters. The Morgan fingerprint density at radius 1 is 1.16 bits per heavy atom. The molecule has 0 radical (unpaired) electrons. The highest BCUT2D eigenvalue weighted by molar-refractivity contribution is 5.89. The minimum Gasteiger partial charge on any atom is -1.00 e. The maximum Gasteiger partial charge on any atom is 0.160 e. The van der Waals surface area contributed by atoms with Crippen LogP contribution in [0.15, 0.2) is 42.7 Å². The number of benzene rings is 1. The van der Waals surface area contributed by atoms with Crippen molar-refractivity contribution >= 4 is 5.71 Å². The summed E-state index contributed by atoms with van der Waals surface area (Å²) in [5, 5.41) is 0. The number of methoxy groups -OCH3 is 1. The van der Waals surface area contributed by atoms with Crippen molar-refractivity contribution in [3.05, 3.63) is 59.4 Å². The number of nitrogens with zero attached hydrogens (tertiary/aromatic N) is 2. The van der Waals surface area contributed by atoms with E-state index < -0.39 is 0 Å². The third-order valence-corrected chi connectivity index (χ3v) is 5.45. The Kier molecular flexibility index (Phi) is 5.89. The summed E-state index contributed by atoms with van der Waals surface area (Å²) < 4.78 is 8.08. The van der Waals surface area contributed by atoms with Crippen molar-refractivity contribution in [1.82, 2.24) is 4.98 Å². The van der Waals surface area contributed by atoms with Crippen LogP contribution in [0.2, 0.25) is 0 Å². The zero-order valence-electron chi connectivity index (χ0n) is 14.7. The van der Waals surface area contributed by atoms with E-state index in [2.05, 4.69) is 33.8 Å². The first-order valence-corrected chi connectivity index (χ1v) is 9.01. The van der Waals surface area contributed by atoms with E-state index in [4.69, 9.17) is 4.74 Å². The third kappa shape index (κ3) is 3.79. The maximum atomic E-state index is 5.43. The molecule has 2 heterocycles. The van der Waals surface area contributed by atoms with Gasteiger partial charge in [0.25, 0.3) is 0 Å². The topological polar surface area (TPSA) is 25.1 Å². The van der Waals surface area contributed by atoms with Crippen LogP contribution < -0.4 is 21.7 Å². The molecule has 3 nitrogen and oxygen atoms in total. The Balaban J connectivity index is 0.00000182. The van der Waals surface area contributed by atoms with Gasteiger partial charge in [-0.15, -0.1) is 0 Å². The number of fused-ring (bicyclic) bond motifs is 1. The van der Waals surface area contributed by atoms with Crippen molar-refractivity contribution in [1.29, 1.82) is 0 Å². The first-order valence-electron chi connectivity index (χ1n) is 9.01. The lowest BCUT2D eigenvalue weighted by Gasteiger charge is -2.26. The van der Waals surface area contributed by atoms with Crippen LogP contribution in [0, 0.1) is 0 Å². The lowest BCUT2D eigenvalue weighted by atomic mass is 9.78. The molecule has 1 unspecified atom stereocenters. The molecule has 2 aromatic rings. The fourth-order valence-corrected chi connectivity index (χ4v) is 4.25. The van der Waals surface area contributed by atoms with Gasteiger partial charge in [0.1, 0.15) is 18.8 Å². The number of aryl methyl sites for hydroxylation is 1. The molecule has 1 aromatic heterocycles. The predicted molar refractivity (Wildman–Crippen MR) is 96.2 cm³/mol. The molecule has 4 heteroatoms. The maximum absolute atomic E-state index is 5.43. The lowest BCUT2D eigenvalue weighted by Crippen LogP contribution is -3.00. The van der Waals surface area contributed by atoms with E-state index >= 15 is 0 Å². The van der Waals surface area contributed by atoms with Crippen molar-refractivity contribution in [2.45, 2.75) is 38.0 Å². The quantitative estimate of drug-likeness (QED) is 0.705. The average Bonchev–Trinajstić information content (AvgIpc) is 3.17. The Hall–Kier alpha value is -1.68. The normalized spacial score (nSPS) is 19.3. The third-order valence-electron chi connectivity index (χ3n) is 5.45. The van der Waals surface area contributed by atoms with E-state index in [0.29, 0.717) is 5.92 Å². The van der Waals surface area contributed by atoms with Crippen LogP contribution in [-0.4, -0.2) is 35.5 Å². The molecule has 1 aliphatic heterocycles. The second-order valence-electron chi connectivity index (χ2n) is 6.87. The van der Waals surface area contributed by atoms with E-state index in [9.17, 15) is 0 Å². The molecular weight excluding hydrogens is 376 g/mol. The second kappa shape index (κ2) is 8.13. The smallest absolute Gasteiger partial charge is 0.160 e. The summed E-state index contributed by atoms with van der Waals surface area (Å²) >= 11 is 0. The lowest BCUT2D eigenvalue weighted by molar-refractivity contribution is -0.509. The van der Waals surface area contributed by atoms with Gasteiger partial charge in [-0.1, -0.05) is 12.1 Å².